The zero-order valence-electron chi connectivity index (χ0n) is 14.0. The van der Waals surface area contributed by atoms with Crippen molar-refractivity contribution in [2.24, 2.45) is 0 Å². The Bertz CT molecular complexity index is 678. The molecule has 0 aliphatic rings. The van der Waals surface area contributed by atoms with Crippen LogP contribution in [0, 0.1) is 12.7 Å². The predicted molar refractivity (Wildman–Crippen MR) is 91.6 cm³/mol. The van der Waals surface area contributed by atoms with Crippen molar-refractivity contribution in [3.05, 3.63) is 35.5 Å². The Morgan fingerprint density at radius 2 is 2.17 bits per heavy atom. The molecule has 1 amide bonds. The summed E-state index contributed by atoms with van der Waals surface area (Å²) in [5.41, 5.74) is 1.12. The minimum Gasteiger partial charge on any atom is -0.344 e. The van der Waals surface area contributed by atoms with Gasteiger partial charge in [-0.1, -0.05) is 17.3 Å². The maximum Gasteiger partial charge on any atom is 0.227 e. The summed E-state index contributed by atoms with van der Waals surface area (Å²) in [6.07, 6.45) is 0.661. The van der Waals surface area contributed by atoms with Gasteiger partial charge in [-0.3, -0.25) is 4.79 Å². The van der Waals surface area contributed by atoms with E-state index < -0.39 is 0 Å². The quantitative estimate of drug-likeness (QED) is 0.823. The minimum atomic E-state index is -0.310. The largest absolute Gasteiger partial charge is 0.344 e. The van der Waals surface area contributed by atoms with Crippen LogP contribution in [0.15, 0.2) is 22.7 Å². The Morgan fingerprint density at radius 1 is 1.42 bits per heavy atom. The SMILES string of the molecule is CNCCN(C)C(=O)CCc1nc(-c2ccc(C)c(F)c2)no1.Cl. The number of rotatable bonds is 7. The summed E-state index contributed by atoms with van der Waals surface area (Å²) in [5.74, 6) is 0.405. The number of amides is 1. The summed E-state index contributed by atoms with van der Waals surface area (Å²) >= 11 is 0. The van der Waals surface area contributed by atoms with Crippen molar-refractivity contribution in [1.29, 1.82) is 0 Å². The first-order chi connectivity index (χ1) is 11.0. The second-order valence-electron chi connectivity index (χ2n) is 5.39. The molecule has 2 aromatic rings. The molecule has 1 aromatic heterocycles. The number of halogens is 2. The van der Waals surface area contributed by atoms with Crippen LogP contribution in [0.5, 0.6) is 0 Å². The fraction of sp³-hybridized carbons (Fsp3) is 0.438. The van der Waals surface area contributed by atoms with Gasteiger partial charge in [-0.2, -0.15) is 4.98 Å². The topological polar surface area (TPSA) is 71.3 Å². The van der Waals surface area contributed by atoms with Gasteiger partial charge < -0.3 is 14.7 Å². The Hall–Kier alpha value is -1.99. The van der Waals surface area contributed by atoms with Crippen molar-refractivity contribution in [1.82, 2.24) is 20.4 Å². The highest BCUT2D eigenvalue weighted by Gasteiger charge is 2.13. The molecule has 24 heavy (non-hydrogen) atoms. The molecule has 1 heterocycles. The van der Waals surface area contributed by atoms with Crippen LogP contribution in [0.2, 0.25) is 0 Å². The molecule has 0 saturated carbocycles. The molecule has 0 aliphatic carbocycles. The van der Waals surface area contributed by atoms with E-state index in [0.717, 1.165) is 6.54 Å². The first-order valence-electron chi connectivity index (χ1n) is 7.49. The van der Waals surface area contributed by atoms with E-state index in [1.165, 1.54) is 6.07 Å². The lowest BCUT2D eigenvalue weighted by Crippen LogP contribution is -2.32. The summed E-state index contributed by atoms with van der Waals surface area (Å²) in [6.45, 7) is 3.08. The molecular weight excluding hydrogens is 335 g/mol. The molecule has 0 unspecified atom stereocenters. The van der Waals surface area contributed by atoms with E-state index in [1.54, 1.807) is 31.0 Å². The maximum absolute atomic E-state index is 13.6. The monoisotopic (exact) mass is 356 g/mol. The summed E-state index contributed by atoms with van der Waals surface area (Å²) in [7, 11) is 3.60. The number of nitrogens with one attached hydrogen (secondary N) is 1. The molecule has 0 fully saturated rings. The standard InChI is InChI=1S/C16H21FN4O2.ClH/c1-11-4-5-12(10-13(11)17)16-19-14(23-20-16)6-7-15(22)21(3)9-8-18-2;/h4-5,10,18H,6-9H2,1-3H3;1H. The molecular formula is C16H22ClFN4O2. The molecule has 0 spiro atoms. The number of aromatic nitrogens is 2. The highest BCUT2D eigenvalue weighted by Crippen LogP contribution is 2.19. The van der Waals surface area contributed by atoms with Gasteiger partial charge in [0.25, 0.3) is 0 Å². The summed E-state index contributed by atoms with van der Waals surface area (Å²) in [6, 6.07) is 4.78. The van der Waals surface area contributed by atoms with Gasteiger partial charge in [-0.05, 0) is 25.6 Å². The van der Waals surface area contributed by atoms with Crippen molar-refractivity contribution in [2.45, 2.75) is 19.8 Å². The van der Waals surface area contributed by atoms with Crippen LogP contribution in [-0.4, -0.2) is 48.1 Å². The van der Waals surface area contributed by atoms with Gasteiger partial charge in [-0.15, -0.1) is 12.4 Å². The number of hydrogen-bond acceptors (Lipinski definition) is 5. The van der Waals surface area contributed by atoms with Crippen molar-refractivity contribution < 1.29 is 13.7 Å². The van der Waals surface area contributed by atoms with E-state index in [0.29, 0.717) is 42.2 Å². The minimum absolute atomic E-state index is 0. The molecule has 1 N–H and O–H groups in total. The third-order valence-electron chi connectivity index (χ3n) is 3.57. The van der Waals surface area contributed by atoms with Crippen LogP contribution < -0.4 is 5.32 Å². The van der Waals surface area contributed by atoms with Gasteiger partial charge in [-0.25, -0.2) is 4.39 Å². The first kappa shape index (κ1) is 20.1. The number of carbonyl (C=O) groups excluding carboxylic acids is 1. The molecule has 0 saturated heterocycles. The first-order valence-corrected chi connectivity index (χ1v) is 7.49. The lowest BCUT2D eigenvalue weighted by molar-refractivity contribution is -0.129. The van der Waals surface area contributed by atoms with Crippen LogP contribution >= 0.6 is 12.4 Å². The van der Waals surface area contributed by atoms with E-state index in [9.17, 15) is 9.18 Å². The molecule has 0 radical (unpaired) electrons. The Balaban J connectivity index is 0.00000288. The van der Waals surface area contributed by atoms with Gasteiger partial charge in [0.05, 0.1) is 0 Å². The van der Waals surface area contributed by atoms with Crippen LogP contribution in [0.1, 0.15) is 17.9 Å². The van der Waals surface area contributed by atoms with Crippen molar-refractivity contribution >= 4 is 18.3 Å². The zero-order valence-corrected chi connectivity index (χ0v) is 14.8. The molecule has 6 nitrogen and oxygen atoms in total. The van der Waals surface area contributed by atoms with E-state index in [4.69, 9.17) is 4.52 Å². The molecule has 8 heteroatoms. The second kappa shape index (κ2) is 9.34. The van der Waals surface area contributed by atoms with Crippen LogP contribution in [-0.2, 0) is 11.2 Å². The normalized spacial score (nSPS) is 10.3. The van der Waals surface area contributed by atoms with E-state index in [1.807, 2.05) is 7.05 Å². The average molecular weight is 357 g/mol. The number of nitrogens with zero attached hydrogens (tertiary/aromatic N) is 3. The number of carbonyl (C=O) groups is 1. The van der Waals surface area contributed by atoms with Crippen LogP contribution in [0.25, 0.3) is 11.4 Å². The van der Waals surface area contributed by atoms with Crippen LogP contribution in [0.3, 0.4) is 0 Å². The summed E-state index contributed by atoms with van der Waals surface area (Å²) in [4.78, 5) is 17.8. The molecule has 2 rings (SSSR count). The molecule has 0 bridgehead atoms. The third-order valence-corrected chi connectivity index (χ3v) is 3.57. The Labute approximate surface area is 146 Å². The van der Waals surface area contributed by atoms with Gasteiger partial charge in [0, 0.05) is 38.5 Å². The average Bonchev–Trinajstić information content (AvgIpc) is 3.01. The Kier molecular flexibility index (Phi) is 7.81. The molecule has 0 atom stereocenters. The highest BCUT2D eigenvalue weighted by atomic mass is 35.5. The van der Waals surface area contributed by atoms with Gasteiger partial charge in [0.15, 0.2) is 0 Å². The van der Waals surface area contributed by atoms with Crippen molar-refractivity contribution in [2.75, 3.05) is 27.2 Å². The van der Waals surface area contributed by atoms with Gasteiger partial charge in [0.2, 0.25) is 17.6 Å². The predicted octanol–water partition coefficient (Wildman–Crippen LogP) is 2.22. The van der Waals surface area contributed by atoms with Gasteiger partial charge in [0.1, 0.15) is 5.82 Å². The van der Waals surface area contributed by atoms with Crippen LogP contribution in [0.4, 0.5) is 4.39 Å². The van der Waals surface area contributed by atoms with Crippen molar-refractivity contribution in [3.63, 3.8) is 0 Å². The lowest BCUT2D eigenvalue weighted by atomic mass is 10.1. The van der Waals surface area contributed by atoms with Gasteiger partial charge >= 0.3 is 0 Å². The van der Waals surface area contributed by atoms with E-state index in [2.05, 4.69) is 15.5 Å². The fourth-order valence-electron chi connectivity index (χ4n) is 2.01. The summed E-state index contributed by atoms with van der Waals surface area (Å²) in [5, 5.41) is 6.83. The zero-order chi connectivity index (χ0) is 16.8. The fourth-order valence-corrected chi connectivity index (χ4v) is 2.01. The van der Waals surface area contributed by atoms with E-state index in [-0.39, 0.29) is 24.1 Å². The summed E-state index contributed by atoms with van der Waals surface area (Å²) < 4.78 is 18.7. The number of likely N-dealkylation sites (N-methyl/N-ethyl adjacent to an activating group) is 2. The highest BCUT2D eigenvalue weighted by molar-refractivity contribution is 5.85. The smallest absolute Gasteiger partial charge is 0.227 e. The molecule has 132 valence electrons. The number of aryl methyl sites for hydroxylation is 2. The molecule has 0 aliphatic heterocycles. The second-order valence-corrected chi connectivity index (χ2v) is 5.39. The number of benzene rings is 1. The van der Waals surface area contributed by atoms with E-state index >= 15 is 0 Å². The third kappa shape index (κ3) is 5.28. The number of hydrogen-bond donors (Lipinski definition) is 1. The maximum atomic E-state index is 13.6. The Morgan fingerprint density at radius 3 is 2.83 bits per heavy atom. The lowest BCUT2D eigenvalue weighted by Gasteiger charge is -2.16. The molecule has 1 aromatic carbocycles. The van der Waals surface area contributed by atoms with Crippen molar-refractivity contribution in [3.8, 4) is 11.4 Å².